The van der Waals surface area contributed by atoms with Gasteiger partial charge in [0, 0.05) is 12.6 Å². The van der Waals surface area contributed by atoms with E-state index < -0.39 is 0 Å². The number of aryl methyl sites for hydroxylation is 1. The highest BCUT2D eigenvalue weighted by Crippen LogP contribution is 2.31. The highest BCUT2D eigenvalue weighted by molar-refractivity contribution is 7.99. The van der Waals surface area contributed by atoms with E-state index in [1.807, 2.05) is 25.2 Å². The molecule has 0 fully saturated rings. The van der Waals surface area contributed by atoms with Crippen LogP contribution in [-0.2, 0) is 20.2 Å². The standard InChI is InChI=1S/C19H22FN5O2S/c1-25-19(22-23-24-25)28-11-10-21-12-14-7-5-9-17(26-2)18(14)27-13-15-6-3-4-8-16(15)20/h3-9,21H,10-13H2,1-2H3/p+1. The van der Waals surface area contributed by atoms with Gasteiger partial charge in [-0.1, -0.05) is 36.0 Å². The van der Waals surface area contributed by atoms with Gasteiger partial charge in [0.1, 0.15) is 19.0 Å². The molecular weight excluding hydrogens is 381 g/mol. The average molecular weight is 404 g/mol. The van der Waals surface area contributed by atoms with E-state index in [1.165, 1.54) is 6.07 Å². The summed E-state index contributed by atoms with van der Waals surface area (Å²) in [6.45, 7) is 1.76. The Kier molecular flexibility index (Phi) is 7.21. The second-order valence-corrected chi connectivity index (χ2v) is 7.11. The largest absolute Gasteiger partial charge is 0.493 e. The van der Waals surface area contributed by atoms with Gasteiger partial charge in [0.25, 0.3) is 0 Å². The molecule has 9 heteroatoms. The summed E-state index contributed by atoms with van der Waals surface area (Å²) in [6.07, 6.45) is 0. The Morgan fingerprint density at radius 1 is 1.14 bits per heavy atom. The molecule has 0 radical (unpaired) electrons. The number of quaternary nitrogens is 1. The fourth-order valence-electron chi connectivity index (χ4n) is 2.65. The molecule has 0 unspecified atom stereocenters. The summed E-state index contributed by atoms with van der Waals surface area (Å²) in [7, 11) is 3.42. The number of tetrazole rings is 1. The van der Waals surface area contributed by atoms with Crippen LogP contribution in [0.3, 0.4) is 0 Å². The van der Waals surface area contributed by atoms with Crippen LogP contribution in [0.4, 0.5) is 4.39 Å². The summed E-state index contributed by atoms with van der Waals surface area (Å²) in [5.41, 5.74) is 1.51. The summed E-state index contributed by atoms with van der Waals surface area (Å²) in [4.78, 5) is 0. The lowest BCUT2D eigenvalue weighted by molar-refractivity contribution is -0.666. The summed E-state index contributed by atoms with van der Waals surface area (Å²) in [6, 6.07) is 12.4. The average Bonchev–Trinajstić information content (AvgIpc) is 3.12. The number of methoxy groups -OCH3 is 1. The van der Waals surface area contributed by atoms with Crippen molar-refractivity contribution in [1.29, 1.82) is 0 Å². The zero-order valence-corrected chi connectivity index (χ0v) is 16.7. The monoisotopic (exact) mass is 404 g/mol. The van der Waals surface area contributed by atoms with Crippen molar-refractivity contribution in [2.75, 3.05) is 19.4 Å². The number of ether oxygens (including phenoxy) is 2. The van der Waals surface area contributed by atoms with Gasteiger partial charge in [-0.2, -0.15) is 0 Å². The lowest BCUT2D eigenvalue weighted by Gasteiger charge is -2.15. The molecule has 1 heterocycles. The number of benzene rings is 2. The molecule has 2 aromatic carbocycles. The molecule has 0 spiro atoms. The first-order chi connectivity index (χ1) is 13.7. The fraction of sp³-hybridized carbons (Fsp3) is 0.316. The van der Waals surface area contributed by atoms with Crippen molar-refractivity contribution in [1.82, 2.24) is 20.2 Å². The molecule has 2 N–H and O–H groups in total. The number of aromatic nitrogens is 4. The Balaban J connectivity index is 1.57. The number of nitrogens with zero attached hydrogens (tertiary/aromatic N) is 4. The normalized spacial score (nSPS) is 10.8. The molecular formula is C19H23FN5O2S+. The predicted octanol–water partition coefficient (Wildman–Crippen LogP) is 1.79. The lowest BCUT2D eigenvalue weighted by Crippen LogP contribution is -2.83. The summed E-state index contributed by atoms with van der Waals surface area (Å²) in [5.74, 6) is 1.89. The molecule has 0 aliphatic rings. The predicted molar refractivity (Wildman–Crippen MR) is 104 cm³/mol. The molecule has 3 aromatic rings. The second-order valence-electron chi connectivity index (χ2n) is 6.04. The van der Waals surface area contributed by atoms with E-state index in [0.29, 0.717) is 17.1 Å². The van der Waals surface area contributed by atoms with Crippen molar-refractivity contribution in [3.05, 3.63) is 59.4 Å². The molecule has 28 heavy (non-hydrogen) atoms. The van der Waals surface area contributed by atoms with Crippen molar-refractivity contribution in [2.24, 2.45) is 7.05 Å². The summed E-state index contributed by atoms with van der Waals surface area (Å²) < 4.78 is 26.9. The second kappa shape index (κ2) is 10.0. The quantitative estimate of drug-likeness (QED) is 0.410. The maximum Gasteiger partial charge on any atom is 0.209 e. The van der Waals surface area contributed by atoms with Gasteiger partial charge in [0.15, 0.2) is 11.5 Å². The molecule has 0 bridgehead atoms. The van der Waals surface area contributed by atoms with Gasteiger partial charge in [0.2, 0.25) is 5.16 Å². The summed E-state index contributed by atoms with van der Waals surface area (Å²) in [5, 5.41) is 14.4. The molecule has 0 aliphatic carbocycles. The van der Waals surface area contributed by atoms with Crippen LogP contribution >= 0.6 is 11.8 Å². The molecule has 0 atom stereocenters. The van der Waals surface area contributed by atoms with Crippen molar-refractivity contribution in [3.63, 3.8) is 0 Å². The van der Waals surface area contributed by atoms with Gasteiger partial charge < -0.3 is 14.8 Å². The van der Waals surface area contributed by atoms with E-state index in [2.05, 4.69) is 20.8 Å². The van der Waals surface area contributed by atoms with Crippen LogP contribution in [0.25, 0.3) is 0 Å². The minimum Gasteiger partial charge on any atom is -0.493 e. The molecule has 1 aromatic heterocycles. The number of rotatable bonds is 10. The Labute approximate surface area is 167 Å². The van der Waals surface area contributed by atoms with Crippen LogP contribution in [0, 0.1) is 5.82 Å². The molecule has 3 rings (SSSR count). The van der Waals surface area contributed by atoms with Crippen molar-refractivity contribution < 1.29 is 19.2 Å². The molecule has 7 nitrogen and oxygen atoms in total. The number of hydrogen-bond donors (Lipinski definition) is 1. The lowest BCUT2D eigenvalue weighted by atomic mass is 10.1. The van der Waals surface area contributed by atoms with Crippen LogP contribution in [0.15, 0.2) is 47.6 Å². The Hall–Kier alpha value is -2.65. The van der Waals surface area contributed by atoms with Crippen LogP contribution in [0.5, 0.6) is 11.5 Å². The number of thioether (sulfide) groups is 1. The SMILES string of the molecule is COc1cccc(C[NH2+]CCSc2nnnn2C)c1OCc1ccccc1F. The topological polar surface area (TPSA) is 78.7 Å². The zero-order valence-electron chi connectivity index (χ0n) is 15.8. The van der Waals surface area contributed by atoms with E-state index in [9.17, 15) is 4.39 Å². The van der Waals surface area contributed by atoms with Gasteiger partial charge in [0.05, 0.1) is 25.0 Å². The van der Waals surface area contributed by atoms with E-state index >= 15 is 0 Å². The molecule has 0 amide bonds. The number of para-hydroxylation sites is 1. The van der Waals surface area contributed by atoms with Crippen LogP contribution in [-0.4, -0.2) is 39.6 Å². The first kappa shape index (κ1) is 20.1. The maximum atomic E-state index is 13.9. The number of nitrogens with two attached hydrogens (primary N) is 1. The number of hydrogen-bond acceptors (Lipinski definition) is 6. The van der Waals surface area contributed by atoms with Gasteiger partial charge >= 0.3 is 0 Å². The highest BCUT2D eigenvalue weighted by atomic mass is 32.2. The van der Waals surface area contributed by atoms with Gasteiger partial charge in [-0.3, -0.25) is 0 Å². The van der Waals surface area contributed by atoms with Crippen molar-refractivity contribution in [3.8, 4) is 11.5 Å². The zero-order chi connectivity index (χ0) is 19.8. The van der Waals surface area contributed by atoms with Gasteiger partial charge in [-0.25, -0.2) is 9.07 Å². The van der Waals surface area contributed by atoms with Gasteiger partial charge in [-0.05, 0) is 28.6 Å². The minimum absolute atomic E-state index is 0.148. The Bertz CT molecular complexity index is 906. The maximum absolute atomic E-state index is 13.9. The third-order valence-corrected chi connectivity index (χ3v) is 5.15. The van der Waals surface area contributed by atoms with E-state index in [0.717, 1.165) is 29.6 Å². The third kappa shape index (κ3) is 5.20. The van der Waals surface area contributed by atoms with Crippen LogP contribution in [0.1, 0.15) is 11.1 Å². The molecule has 148 valence electrons. The van der Waals surface area contributed by atoms with E-state index in [-0.39, 0.29) is 12.4 Å². The van der Waals surface area contributed by atoms with E-state index in [4.69, 9.17) is 9.47 Å². The molecule has 0 saturated carbocycles. The smallest absolute Gasteiger partial charge is 0.209 e. The van der Waals surface area contributed by atoms with E-state index in [1.54, 1.807) is 41.8 Å². The third-order valence-electron chi connectivity index (χ3n) is 4.11. The highest BCUT2D eigenvalue weighted by Gasteiger charge is 2.13. The van der Waals surface area contributed by atoms with Crippen molar-refractivity contribution in [2.45, 2.75) is 18.3 Å². The van der Waals surface area contributed by atoms with Crippen molar-refractivity contribution >= 4 is 11.8 Å². The van der Waals surface area contributed by atoms with Gasteiger partial charge in [-0.15, -0.1) is 5.10 Å². The first-order valence-corrected chi connectivity index (χ1v) is 9.86. The summed E-state index contributed by atoms with van der Waals surface area (Å²) >= 11 is 1.61. The first-order valence-electron chi connectivity index (χ1n) is 8.88. The fourth-order valence-corrected chi connectivity index (χ4v) is 3.43. The molecule has 0 saturated heterocycles. The van der Waals surface area contributed by atoms with Crippen LogP contribution in [0.2, 0.25) is 0 Å². The van der Waals surface area contributed by atoms with Crippen LogP contribution < -0.4 is 14.8 Å². The Morgan fingerprint density at radius 2 is 1.96 bits per heavy atom. The number of halogens is 1. The molecule has 0 aliphatic heterocycles. The Morgan fingerprint density at radius 3 is 2.71 bits per heavy atom. The minimum atomic E-state index is -0.277.